The molecular weight excluding hydrogens is 241 g/mol. The van der Waals surface area contributed by atoms with E-state index in [1.54, 1.807) is 5.10 Å². The average Bonchev–Trinajstić information content (AvgIpc) is 2.15. The fourth-order valence-corrected chi connectivity index (χ4v) is 1.09. The lowest BCUT2D eigenvalue weighted by Crippen LogP contribution is -2.35. The van der Waals surface area contributed by atoms with E-state index < -0.39 is 34.9 Å². The molecule has 6 nitrogen and oxygen atoms in total. The molecule has 1 atom stereocenters. The van der Waals surface area contributed by atoms with Crippen LogP contribution in [0.15, 0.2) is 11.0 Å². The number of nitrogens with two attached hydrogens (primary N) is 1. The molecule has 17 heavy (non-hydrogen) atoms. The number of nitrogens with one attached hydrogen (secondary N) is 2. The van der Waals surface area contributed by atoms with Crippen molar-refractivity contribution in [3.8, 4) is 0 Å². The van der Waals surface area contributed by atoms with E-state index in [2.05, 4.69) is 10.4 Å². The van der Waals surface area contributed by atoms with Crippen LogP contribution in [0.4, 0.5) is 18.9 Å². The van der Waals surface area contributed by atoms with Crippen LogP contribution in [-0.4, -0.2) is 22.1 Å². The van der Waals surface area contributed by atoms with Crippen molar-refractivity contribution in [3.05, 3.63) is 22.1 Å². The van der Waals surface area contributed by atoms with E-state index in [9.17, 15) is 22.8 Å². The molecule has 0 unspecified atom stereocenters. The Morgan fingerprint density at radius 3 is 2.65 bits per heavy atom. The molecule has 0 spiro atoms. The van der Waals surface area contributed by atoms with Gasteiger partial charge in [0.1, 0.15) is 11.6 Å². The Bertz CT molecular complexity index is 482. The molecule has 0 radical (unpaired) electrons. The molecule has 0 saturated heterocycles. The standard InChI is InChI=1S/C8H9F3N4O2/c1-3(6(12)16)14-4-2-13-15-7(17)5(4)8(9,10)11/h2-3H,1H3,(H2,12,16)(H2,14,15,17)/t3-/m0/s1. The summed E-state index contributed by atoms with van der Waals surface area (Å²) in [5.41, 5.74) is 1.47. The van der Waals surface area contributed by atoms with Gasteiger partial charge in [-0.1, -0.05) is 0 Å². The molecule has 1 rings (SSSR count). The van der Waals surface area contributed by atoms with Gasteiger partial charge in [0, 0.05) is 0 Å². The van der Waals surface area contributed by atoms with Gasteiger partial charge in [-0.05, 0) is 6.92 Å². The van der Waals surface area contributed by atoms with Crippen LogP contribution in [-0.2, 0) is 11.0 Å². The van der Waals surface area contributed by atoms with Crippen LogP contribution < -0.4 is 16.6 Å². The van der Waals surface area contributed by atoms with Gasteiger partial charge in [-0.3, -0.25) is 9.59 Å². The third-order valence-corrected chi connectivity index (χ3v) is 1.94. The van der Waals surface area contributed by atoms with Crippen LogP contribution in [0.1, 0.15) is 12.5 Å². The van der Waals surface area contributed by atoms with Gasteiger partial charge in [-0.2, -0.15) is 18.3 Å². The quantitative estimate of drug-likeness (QED) is 0.706. The van der Waals surface area contributed by atoms with E-state index in [1.807, 2.05) is 0 Å². The Morgan fingerprint density at radius 1 is 1.59 bits per heavy atom. The summed E-state index contributed by atoms with van der Waals surface area (Å²) in [6.07, 6.45) is -4.08. The van der Waals surface area contributed by atoms with Gasteiger partial charge in [0.15, 0.2) is 0 Å². The summed E-state index contributed by atoms with van der Waals surface area (Å²) in [6, 6.07) is -1.06. The summed E-state index contributed by atoms with van der Waals surface area (Å²) < 4.78 is 37.7. The summed E-state index contributed by atoms with van der Waals surface area (Å²) in [7, 11) is 0. The predicted octanol–water partition coefficient (Wildman–Crippen LogP) is 0.0744. The number of hydrogen-bond acceptors (Lipinski definition) is 4. The van der Waals surface area contributed by atoms with Crippen molar-refractivity contribution in [2.24, 2.45) is 5.73 Å². The number of primary amides is 1. The minimum absolute atomic E-state index is 0.590. The minimum Gasteiger partial charge on any atom is -0.372 e. The molecule has 94 valence electrons. The molecule has 0 fully saturated rings. The van der Waals surface area contributed by atoms with Crippen LogP contribution >= 0.6 is 0 Å². The van der Waals surface area contributed by atoms with E-state index >= 15 is 0 Å². The summed E-state index contributed by atoms with van der Waals surface area (Å²) in [6.45, 7) is 1.27. The number of aromatic amines is 1. The molecular formula is C8H9F3N4O2. The zero-order chi connectivity index (χ0) is 13.2. The van der Waals surface area contributed by atoms with Crippen molar-refractivity contribution in [1.29, 1.82) is 0 Å². The number of carbonyl (C=O) groups is 1. The first-order valence-electron chi connectivity index (χ1n) is 4.44. The third-order valence-electron chi connectivity index (χ3n) is 1.94. The number of rotatable bonds is 3. The molecule has 9 heteroatoms. The number of hydrogen-bond donors (Lipinski definition) is 3. The maximum absolute atomic E-state index is 12.6. The molecule has 4 N–H and O–H groups in total. The number of halogens is 3. The highest BCUT2D eigenvalue weighted by Crippen LogP contribution is 2.31. The van der Waals surface area contributed by atoms with Gasteiger partial charge in [-0.15, -0.1) is 0 Å². The first kappa shape index (κ1) is 13.0. The molecule has 0 aliphatic rings. The molecule has 0 aliphatic heterocycles. The minimum atomic E-state index is -4.85. The summed E-state index contributed by atoms with van der Waals surface area (Å²) >= 11 is 0. The van der Waals surface area contributed by atoms with Gasteiger partial charge in [0.2, 0.25) is 5.91 Å². The molecule has 1 aromatic rings. The van der Waals surface area contributed by atoms with Crippen LogP contribution in [0.5, 0.6) is 0 Å². The highest BCUT2D eigenvalue weighted by Gasteiger charge is 2.37. The zero-order valence-electron chi connectivity index (χ0n) is 8.63. The Labute approximate surface area is 93.0 Å². The van der Waals surface area contributed by atoms with Crippen LogP contribution in [0, 0.1) is 0 Å². The number of carbonyl (C=O) groups excluding carboxylic acids is 1. The first-order chi connectivity index (χ1) is 7.73. The van der Waals surface area contributed by atoms with Gasteiger partial charge in [0.05, 0.1) is 11.9 Å². The monoisotopic (exact) mass is 250 g/mol. The second kappa shape index (κ2) is 4.44. The number of H-pyrrole nitrogens is 1. The smallest absolute Gasteiger partial charge is 0.372 e. The van der Waals surface area contributed by atoms with Crippen molar-refractivity contribution in [2.75, 3.05) is 5.32 Å². The molecule has 0 saturated carbocycles. The molecule has 1 amide bonds. The maximum Gasteiger partial charge on any atom is 0.423 e. The molecule has 0 aromatic carbocycles. The molecule has 1 aromatic heterocycles. The SMILES string of the molecule is C[C@H](Nc1cn[nH]c(=O)c1C(F)(F)F)C(N)=O. The average molecular weight is 250 g/mol. The number of nitrogens with zero attached hydrogens (tertiary/aromatic N) is 1. The lowest BCUT2D eigenvalue weighted by atomic mass is 10.2. The van der Waals surface area contributed by atoms with Gasteiger partial charge in [-0.25, -0.2) is 5.10 Å². The molecule has 0 aliphatic carbocycles. The highest BCUT2D eigenvalue weighted by molar-refractivity contribution is 5.82. The molecule has 1 heterocycles. The molecule has 0 bridgehead atoms. The van der Waals surface area contributed by atoms with Crippen molar-refractivity contribution in [3.63, 3.8) is 0 Å². The van der Waals surface area contributed by atoms with E-state index in [0.717, 1.165) is 6.20 Å². The Hall–Kier alpha value is -2.06. The number of anilines is 1. The summed E-state index contributed by atoms with van der Waals surface area (Å²) in [5, 5.41) is 7.07. The second-order valence-electron chi connectivity index (χ2n) is 3.25. The predicted molar refractivity (Wildman–Crippen MR) is 52.1 cm³/mol. The number of aromatic nitrogens is 2. The van der Waals surface area contributed by atoms with Gasteiger partial charge >= 0.3 is 6.18 Å². The van der Waals surface area contributed by atoms with Crippen LogP contribution in [0.2, 0.25) is 0 Å². The van der Waals surface area contributed by atoms with Crippen molar-refractivity contribution in [2.45, 2.75) is 19.1 Å². The largest absolute Gasteiger partial charge is 0.423 e. The first-order valence-corrected chi connectivity index (χ1v) is 4.44. The van der Waals surface area contributed by atoms with Gasteiger partial charge < -0.3 is 11.1 Å². The second-order valence-corrected chi connectivity index (χ2v) is 3.25. The topological polar surface area (TPSA) is 101 Å². The Kier molecular flexibility index (Phi) is 3.39. The Balaban J connectivity index is 3.21. The zero-order valence-corrected chi connectivity index (χ0v) is 8.63. The van der Waals surface area contributed by atoms with Crippen molar-refractivity contribution < 1.29 is 18.0 Å². The fraction of sp³-hybridized carbons (Fsp3) is 0.375. The van der Waals surface area contributed by atoms with Crippen molar-refractivity contribution in [1.82, 2.24) is 10.2 Å². The Morgan fingerprint density at radius 2 is 2.18 bits per heavy atom. The van der Waals surface area contributed by atoms with E-state index in [0.29, 0.717) is 0 Å². The normalized spacial score (nSPS) is 13.2. The summed E-state index contributed by atoms with van der Waals surface area (Å²) in [5.74, 6) is -0.849. The third kappa shape index (κ3) is 2.95. The fourth-order valence-electron chi connectivity index (χ4n) is 1.09. The number of amides is 1. The maximum atomic E-state index is 12.6. The lowest BCUT2D eigenvalue weighted by Gasteiger charge is -2.15. The van der Waals surface area contributed by atoms with E-state index in [4.69, 9.17) is 5.73 Å². The van der Waals surface area contributed by atoms with Gasteiger partial charge in [0.25, 0.3) is 5.56 Å². The lowest BCUT2D eigenvalue weighted by molar-refractivity contribution is -0.138. The van der Waals surface area contributed by atoms with Crippen LogP contribution in [0.3, 0.4) is 0 Å². The van der Waals surface area contributed by atoms with E-state index in [1.165, 1.54) is 6.92 Å². The van der Waals surface area contributed by atoms with E-state index in [-0.39, 0.29) is 0 Å². The summed E-state index contributed by atoms with van der Waals surface area (Å²) in [4.78, 5) is 21.8. The highest BCUT2D eigenvalue weighted by atomic mass is 19.4. The van der Waals surface area contributed by atoms with Crippen LogP contribution in [0.25, 0.3) is 0 Å². The number of alkyl halides is 3. The van der Waals surface area contributed by atoms with Crippen molar-refractivity contribution >= 4 is 11.6 Å².